The first-order valence-corrected chi connectivity index (χ1v) is 12.3. The van der Waals surface area contributed by atoms with Crippen LogP contribution in [0.4, 0.5) is 0 Å². The molecule has 0 saturated heterocycles. The number of benzene rings is 1. The van der Waals surface area contributed by atoms with Gasteiger partial charge in [0, 0.05) is 24.4 Å². The van der Waals surface area contributed by atoms with Crippen molar-refractivity contribution >= 4 is 11.8 Å². The lowest BCUT2D eigenvalue weighted by atomic mass is 9.80. The van der Waals surface area contributed by atoms with Gasteiger partial charge in [-0.1, -0.05) is 51.1 Å². The summed E-state index contributed by atoms with van der Waals surface area (Å²) in [6, 6.07) is 10.2. The van der Waals surface area contributed by atoms with Gasteiger partial charge in [0.05, 0.1) is 36.9 Å². The third kappa shape index (κ3) is 13.2. The standard InChI is InChI=1S/C28H46O6/c1-26(2,3)25(31)22(18-24(29)30)15-12-16-33-28(7,8)20-32-19-23(34-27(4,5)6)17-21-13-10-9-11-14-21/h9-11,13-14,22-23H,12,15-20H2,1-8H3,(H,29,30). The Balaban J connectivity index is 2.52. The van der Waals surface area contributed by atoms with Crippen molar-refractivity contribution in [2.45, 2.75) is 98.4 Å². The third-order valence-corrected chi connectivity index (χ3v) is 5.30. The maximum atomic E-state index is 12.6. The van der Waals surface area contributed by atoms with Crippen molar-refractivity contribution < 1.29 is 28.9 Å². The number of carbonyl (C=O) groups excluding carboxylic acids is 1. The number of Topliss-reactive ketones (excluding diaryl/α,β-unsaturated/α-hetero) is 1. The topological polar surface area (TPSA) is 82.1 Å². The Bertz CT molecular complexity index is 742. The van der Waals surface area contributed by atoms with Crippen LogP contribution >= 0.6 is 0 Å². The molecule has 6 nitrogen and oxygen atoms in total. The second-order valence-corrected chi connectivity index (χ2v) is 11.7. The molecule has 1 rings (SSSR count). The molecule has 0 aliphatic rings. The minimum Gasteiger partial charge on any atom is -0.481 e. The highest BCUT2D eigenvalue weighted by Crippen LogP contribution is 2.26. The number of carbonyl (C=O) groups is 2. The van der Waals surface area contributed by atoms with E-state index in [0.717, 1.165) is 6.42 Å². The minimum absolute atomic E-state index is 0.0131. The number of hydrogen-bond donors (Lipinski definition) is 1. The van der Waals surface area contributed by atoms with Gasteiger partial charge >= 0.3 is 5.97 Å². The molecule has 194 valence electrons. The van der Waals surface area contributed by atoms with E-state index < -0.39 is 22.9 Å². The fourth-order valence-electron chi connectivity index (χ4n) is 3.82. The zero-order valence-electron chi connectivity index (χ0n) is 22.5. The van der Waals surface area contributed by atoms with Crippen LogP contribution < -0.4 is 0 Å². The summed E-state index contributed by atoms with van der Waals surface area (Å²) >= 11 is 0. The summed E-state index contributed by atoms with van der Waals surface area (Å²) < 4.78 is 18.3. The molecule has 0 aromatic heterocycles. The Hall–Kier alpha value is -1.76. The van der Waals surface area contributed by atoms with E-state index in [4.69, 9.17) is 14.2 Å². The van der Waals surface area contributed by atoms with E-state index in [-0.39, 0.29) is 23.9 Å². The number of ketones is 1. The number of ether oxygens (including phenoxy) is 3. The molecule has 0 radical (unpaired) electrons. The zero-order valence-corrected chi connectivity index (χ0v) is 22.5. The van der Waals surface area contributed by atoms with E-state index in [1.165, 1.54) is 5.56 Å². The molecule has 0 heterocycles. The molecule has 0 aliphatic carbocycles. The molecule has 1 aromatic carbocycles. The molecule has 0 bridgehead atoms. The molecule has 0 amide bonds. The predicted molar refractivity (Wildman–Crippen MR) is 135 cm³/mol. The lowest BCUT2D eigenvalue weighted by Crippen LogP contribution is -2.36. The Morgan fingerprint density at radius 1 is 0.971 bits per heavy atom. The van der Waals surface area contributed by atoms with E-state index in [9.17, 15) is 14.7 Å². The Morgan fingerprint density at radius 2 is 1.59 bits per heavy atom. The zero-order chi connectivity index (χ0) is 26.0. The molecule has 6 heteroatoms. The van der Waals surface area contributed by atoms with Crippen molar-refractivity contribution in [1.82, 2.24) is 0 Å². The molecule has 0 saturated carbocycles. The third-order valence-electron chi connectivity index (χ3n) is 5.30. The van der Waals surface area contributed by atoms with Crippen LogP contribution in [0.3, 0.4) is 0 Å². The average molecular weight is 479 g/mol. The monoisotopic (exact) mass is 478 g/mol. The molecular formula is C28H46O6. The lowest BCUT2D eigenvalue weighted by molar-refractivity contribution is -0.143. The van der Waals surface area contributed by atoms with Gasteiger partial charge in [0.15, 0.2) is 0 Å². The molecule has 2 unspecified atom stereocenters. The number of rotatable bonds is 15. The summed E-state index contributed by atoms with van der Waals surface area (Å²) in [5, 5.41) is 9.18. The van der Waals surface area contributed by atoms with Gasteiger partial charge in [-0.2, -0.15) is 0 Å². The first kappa shape index (κ1) is 30.3. The van der Waals surface area contributed by atoms with Crippen LogP contribution in [0.5, 0.6) is 0 Å². The molecular weight excluding hydrogens is 432 g/mol. The molecule has 1 N–H and O–H groups in total. The minimum atomic E-state index is -0.945. The van der Waals surface area contributed by atoms with Gasteiger partial charge in [-0.3, -0.25) is 9.59 Å². The molecule has 34 heavy (non-hydrogen) atoms. The van der Waals surface area contributed by atoms with E-state index in [1.807, 2.05) is 73.6 Å². The van der Waals surface area contributed by atoms with Gasteiger partial charge in [0.25, 0.3) is 0 Å². The summed E-state index contributed by atoms with van der Waals surface area (Å²) in [6.45, 7) is 16.9. The summed E-state index contributed by atoms with van der Waals surface area (Å²) in [6.07, 6.45) is 1.68. The van der Waals surface area contributed by atoms with Gasteiger partial charge in [0.1, 0.15) is 5.78 Å². The smallest absolute Gasteiger partial charge is 0.304 e. The number of carboxylic acids is 1. The Labute approximate surface area is 206 Å². The first-order chi connectivity index (χ1) is 15.6. The van der Waals surface area contributed by atoms with Gasteiger partial charge < -0.3 is 19.3 Å². The number of carboxylic acid groups (broad SMARTS) is 1. The van der Waals surface area contributed by atoms with Crippen LogP contribution in [0.25, 0.3) is 0 Å². The van der Waals surface area contributed by atoms with E-state index in [1.54, 1.807) is 0 Å². The molecule has 1 aromatic rings. The summed E-state index contributed by atoms with van der Waals surface area (Å²) in [5.41, 5.74) is -0.128. The van der Waals surface area contributed by atoms with Gasteiger partial charge in [-0.15, -0.1) is 0 Å². The van der Waals surface area contributed by atoms with Crippen LogP contribution in [0.15, 0.2) is 30.3 Å². The first-order valence-electron chi connectivity index (χ1n) is 12.3. The van der Waals surface area contributed by atoms with Crippen molar-refractivity contribution in [3.8, 4) is 0 Å². The Kier molecular flexibility index (Phi) is 11.9. The fourth-order valence-corrected chi connectivity index (χ4v) is 3.82. The highest BCUT2D eigenvalue weighted by molar-refractivity contribution is 5.88. The highest BCUT2D eigenvalue weighted by Gasteiger charge is 2.31. The van der Waals surface area contributed by atoms with Crippen molar-refractivity contribution in [3.63, 3.8) is 0 Å². The van der Waals surface area contributed by atoms with Gasteiger partial charge in [0.2, 0.25) is 0 Å². The Morgan fingerprint density at radius 3 is 2.12 bits per heavy atom. The summed E-state index contributed by atoms with van der Waals surface area (Å²) in [7, 11) is 0. The lowest BCUT2D eigenvalue weighted by Gasteiger charge is -2.30. The van der Waals surface area contributed by atoms with Crippen LogP contribution in [-0.4, -0.2) is 54.0 Å². The molecule has 0 spiro atoms. The van der Waals surface area contributed by atoms with Crippen LogP contribution in [0.1, 0.15) is 80.2 Å². The number of hydrogen-bond acceptors (Lipinski definition) is 5. The van der Waals surface area contributed by atoms with Crippen LogP contribution in [-0.2, 0) is 30.2 Å². The van der Waals surface area contributed by atoms with E-state index in [0.29, 0.717) is 32.7 Å². The van der Waals surface area contributed by atoms with E-state index >= 15 is 0 Å². The number of aliphatic carboxylic acids is 1. The fraction of sp³-hybridized carbons (Fsp3) is 0.714. The molecule has 0 fully saturated rings. The molecule has 0 aliphatic heterocycles. The van der Waals surface area contributed by atoms with E-state index in [2.05, 4.69) is 12.1 Å². The normalized spacial score (nSPS) is 14.6. The second kappa shape index (κ2) is 13.4. The van der Waals surface area contributed by atoms with Crippen molar-refractivity contribution in [1.29, 1.82) is 0 Å². The van der Waals surface area contributed by atoms with Crippen LogP contribution in [0.2, 0.25) is 0 Å². The predicted octanol–water partition coefficient (Wildman–Crippen LogP) is 5.71. The quantitative estimate of drug-likeness (QED) is 0.325. The van der Waals surface area contributed by atoms with Crippen molar-refractivity contribution in [2.75, 3.05) is 19.8 Å². The molecule has 2 atom stereocenters. The second-order valence-electron chi connectivity index (χ2n) is 11.7. The maximum Gasteiger partial charge on any atom is 0.304 e. The average Bonchev–Trinajstić information content (AvgIpc) is 2.68. The summed E-state index contributed by atoms with van der Waals surface area (Å²) in [5.74, 6) is -1.45. The largest absolute Gasteiger partial charge is 0.481 e. The van der Waals surface area contributed by atoms with Crippen LogP contribution in [0, 0.1) is 11.3 Å². The highest BCUT2D eigenvalue weighted by atomic mass is 16.6. The van der Waals surface area contributed by atoms with Crippen molar-refractivity contribution in [2.24, 2.45) is 11.3 Å². The summed E-state index contributed by atoms with van der Waals surface area (Å²) in [4.78, 5) is 23.8. The SMILES string of the molecule is CC(C)(C)OC(COCC(C)(C)OCCCC(CC(=O)O)C(=O)C(C)(C)C)Cc1ccccc1. The van der Waals surface area contributed by atoms with Gasteiger partial charge in [-0.25, -0.2) is 0 Å². The van der Waals surface area contributed by atoms with Gasteiger partial charge in [-0.05, 0) is 53.0 Å². The van der Waals surface area contributed by atoms with Crippen molar-refractivity contribution in [3.05, 3.63) is 35.9 Å². The maximum absolute atomic E-state index is 12.6.